The first-order chi connectivity index (χ1) is 10.1. The van der Waals surface area contributed by atoms with Crippen molar-refractivity contribution in [2.75, 3.05) is 29.9 Å². The largest absolute Gasteiger partial charge is 0.372 e. The SMILES string of the molecule is CC1CN(c2ccccc2NC(=O)CCCN)CC(C)O1.Cl.Cl. The summed E-state index contributed by atoms with van der Waals surface area (Å²) in [4.78, 5) is 14.2. The highest BCUT2D eigenvalue weighted by atomic mass is 35.5. The van der Waals surface area contributed by atoms with Crippen molar-refractivity contribution in [3.05, 3.63) is 24.3 Å². The van der Waals surface area contributed by atoms with E-state index in [0.29, 0.717) is 19.4 Å². The number of hydrogen-bond acceptors (Lipinski definition) is 4. The molecule has 5 nitrogen and oxygen atoms in total. The van der Waals surface area contributed by atoms with Crippen LogP contribution in [0.1, 0.15) is 26.7 Å². The van der Waals surface area contributed by atoms with Gasteiger partial charge in [0, 0.05) is 19.5 Å². The van der Waals surface area contributed by atoms with Gasteiger partial charge >= 0.3 is 0 Å². The van der Waals surface area contributed by atoms with Crippen LogP contribution >= 0.6 is 24.8 Å². The average molecular weight is 364 g/mol. The van der Waals surface area contributed by atoms with Gasteiger partial charge in [0.1, 0.15) is 0 Å². The number of amides is 1. The average Bonchev–Trinajstić information content (AvgIpc) is 2.44. The molecule has 1 saturated heterocycles. The lowest BCUT2D eigenvalue weighted by molar-refractivity contribution is -0.116. The number of nitrogens with zero attached hydrogens (tertiary/aromatic N) is 1. The van der Waals surface area contributed by atoms with Crippen LogP contribution in [0.15, 0.2) is 24.3 Å². The molecule has 23 heavy (non-hydrogen) atoms. The van der Waals surface area contributed by atoms with Crippen molar-refractivity contribution in [3.8, 4) is 0 Å². The molecule has 1 aliphatic rings. The van der Waals surface area contributed by atoms with E-state index in [-0.39, 0.29) is 42.9 Å². The Hall–Kier alpha value is -1.01. The maximum absolute atomic E-state index is 11.9. The van der Waals surface area contributed by atoms with Gasteiger partial charge in [-0.05, 0) is 38.9 Å². The summed E-state index contributed by atoms with van der Waals surface area (Å²) in [6.07, 6.45) is 1.55. The van der Waals surface area contributed by atoms with E-state index in [1.807, 2.05) is 24.3 Å². The van der Waals surface area contributed by atoms with Gasteiger partial charge in [-0.2, -0.15) is 0 Å². The molecule has 3 N–H and O–H groups in total. The van der Waals surface area contributed by atoms with E-state index in [2.05, 4.69) is 24.1 Å². The van der Waals surface area contributed by atoms with Crippen LogP contribution in [0.3, 0.4) is 0 Å². The minimum absolute atomic E-state index is 0. The van der Waals surface area contributed by atoms with Gasteiger partial charge in [-0.1, -0.05) is 12.1 Å². The number of carbonyl (C=O) groups excluding carboxylic acids is 1. The van der Waals surface area contributed by atoms with Crippen LogP contribution < -0.4 is 16.0 Å². The number of hydrogen-bond donors (Lipinski definition) is 2. The summed E-state index contributed by atoms with van der Waals surface area (Å²) >= 11 is 0. The number of halogens is 2. The summed E-state index contributed by atoms with van der Waals surface area (Å²) in [5.74, 6) is 0.0160. The smallest absolute Gasteiger partial charge is 0.224 e. The Morgan fingerprint density at radius 3 is 2.48 bits per heavy atom. The van der Waals surface area contributed by atoms with Crippen LogP contribution in [0.2, 0.25) is 0 Å². The first-order valence-electron chi connectivity index (χ1n) is 7.59. The fourth-order valence-corrected chi connectivity index (χ4v) is 2.71. The minimum Gasteiger partial charge on any atom is -0.372 e. The molecular weight excluding hydrogens is 337 g/mol. The second-order valence-corrected chi connectivity index (χ2v) is 5.62. The molecule has 0 saturated carbocycles. The van der Waals surface area contributed by atoms with E-state index in [0.717, 1.165) is 24.5 Å². The molecule has 1 aromatic rings. The van der Waals surface area contributed by atoms with Gasteiger partial charge in [-0.3, -0.25) is 4.79 Å². The van der Waals surface area contributed by atoms with Crippen LogP contribution in [0.4, 0.5) is 11.4 Å². The number of benzene rings is 1. The highest BCUT2D eigenvalue weighted by Crippen LogP contribution is 2.28. The Labute approximate surface area is 150 Å². The third-order valence-electron chi connectivity index (χ3n) is 3.55. The summed E-state index contributed by atoms with van der Waals surface area (Å²) in [5, 5.41) is 3.00. The second-order valence-electron chi connectivity index (χ2n) is 5.62. The van der Waals surface area contributed by atoms with E-state index in [1.54, 1.807) is 0 Å². The van der Waals surface area contributed by atoms with Crippen LogP contribution in [0.5, 0.6) is 0 Å². The predicted molar refractivity (Wildman–Crippen MR) is 100 cm³/mol. The molecule has 1 aromatic carbocycles. The molecule has 1 aliphatic heterocycles. The number of ether oxygens (including phenoxy) is 1. The monoisotopic (exact) mass is 363 g/mol. The Morgan fingerprint density at radius 2 is 1.87 bits per heavy atom. The van der Waals surface area contributed by atoms with Crippen molar-refractivity contribution < 1.29 is 9.53 Å². The van der Waals surface area contributed by atoms with Crippen LogP contribution in [0.25, 0.3) is 0 Å². The zero-order valence-electron chi connectivity index (χ0n) is 13.7. The topological polar surface area (TPSA) is 67.6 Å². The van der Waals surface area contributed by atoms with Gasteiger partial charge in [-0.25, -0.2) is 0 Å². The molecule has 2 atom stereocenters. The van der Waals surface area contributed by atoms with Gasteiger partial charge in [0.2, 0.25) is 5.91 Å². The fourth-order valence-electron chi connectivity index (χ4n) is 2.71. The molecular formula is C16H27Cl2N3O2. The van der Waals surface area contributed by atoms with E-state index < -0.39 is 0 Å². The first kappa shape index (κ1) is 22.0. The van der Waals surface area contributed by atoms with Crippen molar-refractivity contribution in [1.29, 1.82) is 0 Å². The number of morpholine rings is 1. The van der Waals surface area contributed by atoms with E-state index >= 15 is 0 Å². The molecule has 132 valence electrons. The second kappa shape index (κ2) is 10.7. The summed E-state index contributed by atoms with van der Waals surface area (Å²) in [6, 6.07) is 7.93. The Morgan fingerprint density at radius 1 is 1.26 bits per heavy atom. The fraction of sp³-hybridized carbons (Fsp3) is 0.562. The standard InChI is InChI=1S/C16H25N3O2.2ClH/c1-12-10-19(11-13(2)21-12)15-7-4-3-6-14(15)18-16(20)8-5-9-17;;/h3-4,6-7,12-13H,5,8-11,17H2,1-2H3,(H,18,20);2*1H. The molecule has 7 heteroatoms. The lowest BCUT2D eigenvalue weighted by atomic mass is 10.1. The van der Waals surface area contributed by atoms with Crippen LogP contribution in [0, 0.1) is 0 Å². The lowest BCUT2D eigenvalue weighted by Gasteiger charge is -2.37. The van der Waals surface area contributed by atoms with Gasteiger partial charge in [-0.15, -0.1) is 24.8 Å². The van der Waals surface area contributed by atoms with E-state index in [1.165, 1.54) is 0 Å². The lowest BCUT2D eigenvalue weighted by Crippen LogP contribution is -2.45. The summed E-state index contributed by atoms with van der Waals surface area (Å²) in [7, 11) is 0. The Balaban J connectivity index is 0.00000242. The number of para-hydroxylation sites is 2. The first-order valence-corrected chi connectivity index (χ1v) is 7.59. The van der Waals surface area contributed by atoms with Crippen molar-refractivity contribution in [2.45, 2.75) is 38.9 Å². The number of nitrogens with one attached hydrogen (secondary N) is 1. The highest BCUT2D eigenvalue weighted by Gasteiger charge is 2.24. The minimum atomic E-state index is 0. The van der Waals surface area contributed by atoms with Gasteiger partial charge in [0.15, 0.2) is 0 Å². The third-order valence-corrected chi connectivity index (χ3v) is 3.55. The van der Waals surface area contributed by atoms with Crippen molar-refractivity contribution >= 4 is 42.1 Å². The molecule has 0 spiro atoms. The number of carbonyl (C=O) groups is 1. The van der Waals surface area contributed by atoms with Crippen molar-refractivity contribution in [1.82, 2.24) is 0 Å². The maximum Gasteiger partial charge on any atom is 0.224 e. The summed E-state index contributed by atoms with van der Waals surface area (Å²) < 4.78 is 5.77. The Bertz CT molecular complexity index is 478. The molecule has 0 bridgehead atoms. The highest BCUT2D eigenvalue weighted by molar-refractivity contribution is 5.94. The van der Waals surface area contributed by atoms with Gasteiger partial charge < -0.3 is 20.7 Å². The molecule has 1 heterocycles. The molecule has 2 unspecified atom stereocenters. The molecule has 0 aromatic heterocycles. The van der Waals surface area contributed by atoms with Crippen molar-refractivity contribution in [2.24, 2.45) is 5.73 Å². The zero-order chi connectivity index (χ0) is 15.2. The van der Waals surface area contributed by atoms with Crippen LogP contribution in [-0.4, -0.2) is 37.7 Å². The third kappa shape index (κ3) is 6.55. The van der Waals surface area contributed by atoms with Crippen molar-refractivity contribution in [3.63, 3.8) is 0 Å². The molecule has 0 radical (unpaired) electrons. The molecule has 2 rings (SSSR count). The number of anilines is 2. The van der Waals surface area contributed by atoms with Gasteiger partial charge in [0.05, 0.1) is 23.6 Å². The number of nitrogens with two attached hydrogens (primary N) is 1. The Kier molecular flexibility index (Phi) is 10.2. The number of rotatable bonds is 5. The predicted octanol–water partition coefficient (Wildman–Crippen LogP) is 2.82. The molecule has 1 amide bonds. The van der Waals surface area contributed by atoms with Crippen LogP contribution in [-0.2, 0) is 9.53 Å². The zero-order valence-corrected chi connectivity index (χ0v) is 15.3. The quantitative estimate of drug-likeness (QED) is 0.843. The molecule has 1 fully saturated rings. The van der Waals surface area contributed by atoms with E-state index in [4.69, 9.17) is 10.5 Å². The maximum atomic E-state index is 11.9. The summed E-state index contributed by atoms with van der Waals surface area (Å²) in [6.45, 7) is 6.35. The molecule has 0 aliphatic carbocycles. The van der Waals surface area contributed by atoms with Gasteiger partial charge in [0.25, 0.3) is 0 Å². The van der Waals surface area contributed by atoms with E-state index in [9.17, 15) is 4.79 Å². The summed E-state index contributed by atoms with van der Waals surface area (Å²) in [5.41, 5.74) is 7.36. The normalized spacial score (nSPS) is 20.2.